The molecule has 1 fully saturated rings. The van der Waals surface area contributed by atoms with E-state index in [0.717, 1.165) is 5.69 Å². The van der Waals surface area contributed by atoms with Crippen LogP contribution in [0.4, 0.5) is 17.1 Å². The summed E-state index contributed by atoms with van der Waals surface area (Å²) in [5, 5.41) is 13.8. The van der Waals surface area contributed by atoms with Crippen LogP contribution in [-0.2, 0) is 14.8 Å². The Morgan fingerprint density at radius 1 is 1.12 bits per heavy atom. The normalized spacial score (nSPS) is 15.1. The molecule has 0 aromatic heterocycles. The molecule has 33 heavy (non-hydrogen) atoms. The van der Waals surface area contributed by atoms with E-state index in [1.807, 2.05) is 11.0 Å². The van der Waals surface area contributed by atoms with Gasteiger partial charge in [0.1, 0.15) is 0 Å². The van der Waals surface area contributed by atoms with Crippen LogP contribution in [0.15, 0.2) is 53.4 Å². The number of carbonyl (C=O) groups excluding carboxylic acids is 1. The minimum absolute atomic E-state index is 0.0592. The first kappa shape index (κ1) is 24.6. The second kappa shape index (κ2) is 10.3. The molecule has 1 amide bonds. The van der Waals surface area contributed by atoms with Crippen molar-refractivity contribution in [3.8, 4) is 0 Å². The van der Waals surface area contributed by atoms with Crippen LogP contribution in [0, 0.1) is 10.1 Å². The predicted octanol–water partition coefficient (Wildman–Crippen LogP) is 2.38. The van der Waals surface area contributed by atoms with Crippen LogP contribution in [0.1, 0.15) is 13.8 Å². The summed E-state index contributed by atoms with van der Waals surface area (Å²) in [7, 11) is -2.04. The maximum Gasteiger partial charge on any atom is 0.271 e. The Morgan fingerprint density at radius 3 is 2.33 bits per heavy atom. The molecule has 0 atom stereocenters. The highest BCUT2D eigenvalue weighted by Gasteiger charge is 2.23. The maximum atomic E-state index is 12.5. The van der Waals surface area contributed by atoms with Crippen molar-refractivity contribution in [2.24, 2.45) is 0 Å². The van der Waals surface area contributed by atoms with E-state index in [1.165, 1.54) is 29.6 Å². The summed E-state index contributed by atoms with van der Waals surface area (Å²) in [6.07, 6.45) is 0. The molecule has 2 aromatic carbocycles. The molecule has 0 spiro atoms. The van der Waals surface area contributed by atoms with Crippen LogP contribution in [0.25, 0.3) is 0 Å². The van der Waals surface area contributed by atoms with Crippen molar-refractivity contribution in [1.29, 1.82) is 0 Å². The summed E-state index contributed by atoms with van der Waals surface area (Å²) in [5.74, 6) is -0.186. The number of hydrogen-bond acceptors (Lipinski definition) is 7. The predicted molar refractivity (Wildman–Crippen MR) is 127 cm³/mol. The Labute approximate surface area is 194 Å². The zero-order chi connectivity index (χ0) is 24.2. The standard InChI is InChI=1S/C22H29N5O5S/c1-17(2)24(3)33(31,32)21-9-7-18(8-10-21)23-22(28)16-25-11-13-26(14-12-25)19-5-4-6-20(15-19)27(29)30/h4-10,15,17H,11-14,16H2,1-3H3,(H,23,28). The van der Waals surface area contributed by atoms with Gasteiger partial charge in [-0.25, -0.2) is 8.42 Å². The molecule has 3 rings (SSSR count). The fourth-order valence-electron chi connectivity index (χ4n) is 3.53. The number of rotatable bonds is 8. The van der Waals surface area contributed by atoms with Crippen molar-refractivity contribution >= 4 is 33.0 Å². The van der Waals surface area contributed by atoms with E-state index < -0.39 is 14.9 Å². The van der Waals surface area contributed by atoms with Crippen molar-refractivity contribution in [2.75, 3.05) is 50.0 Å². The molecule has 0 saturated carbocycles. The van der Waals surface area contributed by atoms with Gasteiger partial charge < -0.3 is 10.2 Å². The molecule has 11 heteroatoms. The van der Waals surface area contributed by atoms with E-state index in [1.54, 1.807) is 38.1 Å². The second-order valence-electron chi connectivity index (χ2n) is 8.23. The van der Waals surface area contributed by atoms with Gasteiger partial charge in [-0.1, -0.05) is 6.07 Å². The van der Waals surface area contributed by atoms with Gasteiger partial charge in [-0.2, -0.15) is 4.31 Å². The largest absolute Gasteiger partial charge is 0.369 e. The van der Waals surface area contributed by atoms with Crippen LogP contribution in [-0.4, -0.2) is 74.3 Å². The number of carbonyl (C=O) groups is 1. The van der Waals surface area contributed by atoms with Crippen LogP contribution in [0.3, 0.4) is 0 Å². The summed E-state index contributed by atoms with van der Waals surface area (Å²) in [5.41, 5.74) is 1.39. The quantitative estimate of drug-likeness (QED) is 0.460. The van der Waals surface area contributed by atoms with Gasteiger partial charge in [-0.15, -0.1) is 0 Å². The molecule has 0 bridgehead atoms. The number of nitrogens with zero attached hydrogens (tertiary/aromatic N) is 4. The van der Waals surface area contributed by atoms with Crippen molar-refractivity contribution < 1.29 is 18.1 Å². The third-order valence-electron chi connectivity index (χ3n) is 5.69. The fraction of sp³-hybridized carbons (Fsp3) is 0.409. The van der Waals surface area contributed by atoms with Gasteiger partial charge in [0.05, 0.1) is 16.4 Å². The Hall–Kier alpha value is -3.02. The Bertz CT molecular complexity index is 1100. The minimum Gasteiger partial charge on any atom is -0.369 e. The van der Waals surface area contributed by atoms with E-state index in [0.29, 0.717) is 31.9 Å². The van der Waals surface area contributed by atoms with Crippen molar-refractivity contribution in [2.45, 2.75) is 24.8 Å². The summed E-state index contributed by atoms with van der Waals surface area (Å²) in [4.78, 5) is 27.3. The van der Waals surface area contributed by atoms with Crippen LogP contribution >= 0.6 is 0 Å². The fourth-order valence-corrected chi connectivity index (χ4v) is 4.89. The number of non-ortho nitro benzene ring substituents is 1. The van der Waals surface area contributed by atoms with Gasteiger partial charge in [-0.3, -0.25) is 19.8 Å². The average Bonchev–Trinajstić information content (AvgIpc) is 2.79. The molecular weight excluding hydrogens is 446 g/mol. The number of amides is 1. The monoisotopic (exact) mass is 475 g/mol. The number of benzene rings is 2. The third-order valence-corrected chi connectivity index (χ3v) is 7.74. The lowest BCUT2D eigenvalue weighted by atomic mass is 10.2. The van der Waals surface area contributed by atoms with E-state index in [9.17, 15) is 23.3 Å². The van der Waals surface area contributed by atoms with Crippen molar-refractivity contribution in [3.05, 3.63) is 58.6 Å². The molecular formula is C22H29N5O5S. The number of anilines is 2. The zero-order valence-corrected chi connectivity index (χ0v) is 19.8. The first-order valence-electron chi connectivity index (χ1n) is 10.7. The number of nitro groups is 1. The topological polar surface area (TPSA) is 116 Å². The summed E-state index contributed by atoms with van der Waals surface area (Å²) in [6.45, 7) is 6.42. The first-order valence-corrected chi connectivity index (χ1v) is 12.1. The summed E-state index contributed by atoms with van der Waals surface area (Å²) in [6, 6.07) is 12.5. The van der Waals surface area contributed by atoms with Crippen LogP contribution < -0.4 is 10.2 Å². The molecule has 0 unspecified atom stereocenters. The molecule has 1 heterocycles. The molecule has 1 aliphatic rings. The SMILES string of the molecule is CC(C)N(C)S(=O)(=O)c1ccc(NC(=O)CN2CCN(c3cccc([N+](=O)[O-])c3)CC2)cc1. The number of sulfonamides is 1. The van der Waals surface area contributed by atoms with E-state index >= 15 is 0 Å². The highest BCUT2D eigenvalue weighted by atomic mass is 32.2. The maximum absolute atomic E-state index is 12.5. The number of nitro benzene ring substituents is 1. The van der Waals surface area contributed by atoms with Gasteiger partial charge in [-0.05, 0) is 44.2 Å². The smallest absolute Gasteiger partial charge is 0.271 e. The lowest BCUT2D eigenvalue weighted by Crippen LogP contribution is -2.48. The molecule has 2 aromatic rings. The lowest BCUT2D eigenvalue weighted by molar-refractivity contribution is -0.384. The molecule has 0 radical (unpaired) electrons. The van der Waals surface area contributed by atoms with E-state index in [2.05, 4.69) is 10.2 Å². The van der Waals surface area contributed by atoms with E-state index in [4.69, 9.17) is 0 Å². The third kappa shape index (κ3) is 6.06. The highest BCUT2D eigenvalue weighted by molar-refractivity contribution is 7.89. The van der Waals surface area contributed by atoms with Crippen molar-refractivity contribution in [1.82, 2.24) is 9.21 Å². The highest BCUT2D eigenvalue weighted by Crippen LogP contribution is 2.22. The second-order valence-corrected chi connectivity index (χ2v) is 10.2. The van der Waals surface area contributed by atoms with Gasteiger partial charge in [0.25, 0.3) is 5.69 Å². The van der Waals surface area contributed by atoms with Crippen molar-refractivity contribution in [3.63, 3.8) is 0 Å². The average molecular weight is 476 g/mol. The number of hydrogen-bond donors (Lipinski definition) is 1. The molecule has 0 aliphatic carbocycles. The lowest BCUT2D eigenvalue weighted by Gasteiger charge is -2.35. The van der Waals surface area contributed by atoms with Gasteiger partial charge >= 0.3 is 0 Å². The zero-order valence-electron chi connectivity index (χ0n) is 19.0. The van der Waals surface area contributed by atoms with E-state index in [-0.39, 0.29) is 29.1 Å². The Morgan fingerprint density at radius 2 is 1.76 bits per heavy atom. The van der Waals surface area contributed by atoms with Gasteiger partial charge in [0, 0.05) is 62.8 Å². The molecule has 1 aliphatic heterocycles. The molecule has 10 nitrogen and oxygen atoms in total. The Kier molecular flexibility index (Phi) is 7.67. The molecule has 178 valence electrons. The van der Waals surface area contributed by atoms with Gasteiger partial charge in [0.2, 0.25) is 15.9 Å². The molecule has 1 N–H and O–H groups in total. The van der Waals surface area contributed by atoms with Crippen LogP contribution in [0.5, 0.6) is 0 Å². The Balaban J connectivity index is 1.52. The molecule has 1 saturated heterocycles. The van der Waals surface area contributed by atoms with Crippen LogP contribution in [0.2, 0.25) is 0 Å². The summed E-state index contributed by atoms with van der Waals surface area (Å²) < 4.78 is 26.4. The number of piperazine rings is 1. The van der Waals surface area contributed by atoms with Gasteiger partial charge in [0.15, 0.2) is 0 Å². The summed E-state index contributed by atoms with van der Waals surface area (Å²) >= 11 is 0. The minimum atomic E-state index is -3.57. The first-order chi connectivity index (χ1) is 15.6. The number of nitrogens with one attached hydrogen (secondary N) is 1.